The molecule has 0 amide bonds. The maximum atomic E-state index is 12.9. The molecule has 2 saturated heterocycles. The van der Waals surface area contributed by atoms with Gasteiger partial charge in [-0.05, 0) is 48.7 Å². The highest BCUT2D eigenvalue weighted by Crippen LogP contribution is 2.31. The first-order chi connectivity index (χ1) is 27.3. The number of fused-ring (bicyclic) bond motifs is 1. The van der Waals surface area contributed by atoms with Crippen LogP contribution < -0.4 is 38.4 Å². The van der Waals surface area contributed by atoms with Crippen molar-refractivity contribution in [2.24, 2.45) is 22.9 Å². The van der Waals surface area contributed by atoms with Crippen molar-refractivity contribution in [3.8, 4) is 0 Å². The third-order valence-electron chi connectivity index (χ3n) is 10.5. The maximum absolute atomic E-state index is 12.9. The van der Waals surface area contributed by atoms with Gasteiger partial charge in [0.15, 0.2) is 12.6 Å². The quantitative estimate of drug-likeness (QED) is 0.0846. The van der Waals surface area contributed by atoms with E-state index in [0.717, 1.165) is 12.0 Å². The van der Waals surface area contributed by atoms with Gasteiger partial charge in [-0.2, -0.15) is 0 Å². The fourth-order valence-corrected chi connectivity index (χ4v) is 8.14. The molecule has 6 rings (SSSR count). The number of aromatic nitrogens is 2. The number of hydrogen-bond donors (Lipinski definition) is 13. The smallest absolute Gasteiger partial charge is 0.314 e. The summed E-state index contributed by atoms with van der Waals surface area (Å²) in [5, 5.41) is 70.9. The summed E-state index contributed by atoms with van der Waals surface area (Å²) in [7, 11) is -2.34. The molecule has 0 spiro atoms. The van der Waals surface area contributed by atoms with Crippen molar-refractivity contribution in [3.05, 3.63) is 68.7 Å². The van der Waals surface area contributed by atoms with Gasteiger partial charge in [-0.15, -0.1) is 0 Å². The summed E-state index contributed by atoms with van der Waals surface area (Å²) >= 11 is 0. The van der Waals surface area contributed by atoms with E-state index in [4.69, 9.17) is 41.9 Å². The largest absolute Gasteiger partial charge is 0.394 e. The van der Waals surface area contributed by atoms with E-state index in [0.29, 0.717) is 11.2 Å². The number of aliphatic hydroxyl groups is 7. The third-order valence-corrected chi connectivity index (χ3v) is 12.3. The lowest BCUT2D eigenvalue weighted by molar-refractivity contribution is -0.332. The van der Waals surface area contributed by atoms with Crippen LogP contribution in [0.5, 0.6) is 0 Å². The van der Waals surface area contributed by atoms with E-state index in [1.54, 1.807) is 6.07 Å². The zero-order valence-electron chi connectivity index (χ0n) is 31.6. The predicted octanol–water partition coefficient (Wildman–Crippen LogP) is -5.69. The van der Waals surface area contributed by atoms with Crippen LogP contribution in [0.3, 0.4) is 0 Å². The molecule has 2 aromatic carbocycles. The number of benzene rings is 2. The Morgan fingerprint density at radius 2 is 1.36 bits per heavy atom. The molecule has 3 aliphatic rings. The van der Waals surface area contributed by atoms with Gasteiger partial charge in [-0.3, -0.25) is 13.9 Å². The maximum Gasteiger partial charge on any atom is 0.314 e. The van der Waals surface area contributed by atoms with Crippen molar-refractivity contribution in [2.75, 3.05) is 24.5 Å². The van der Waals surface area contributed by atoms with E-state index in [9.17, 15) is 53.8 Å². The van der Waals surface area contributed by atoms with E-state index in [1.807, 2.05) is 25.1 Å². The molecule has 1 aromatic heterocycles. The summed E-state index contributed by atoms with van der Waals surface area (Å²) in [6.45, 7) is 1.23. The second-order valence-electron chi connectivity index (χ2n) is 14.4. The molecule has 3 fully saturated rings. The first-order valence-electron chi connectivity index (χ1n) is 18.5. The molecule has 1 aliphatic carbocycles. The number of aryl methyl sites for hydroxylation is 1. The monoisotopic (exact) mass is 843 g/mol. The lowest BCUT2D eigenvalue weighted by Crippen LogP contribution is -2.68. The van der Waals surface area contributed by atoms with Crippen LogP contribution in [0.25, 0.3) is 11.0 Å². The van der Waals surface area contributed by atoms with E-state index < -0.39 is 119 Å². The molecule has 2 aliphatic heterocycles. The lowest BCUT2D eigenvalue weighted by Gasteiger charge is -2.48. The van der Waals surface area contributed by atoms with Gasteiger partial charge in [0.1, 0.15) is 61.0 Å². The summed E-state index contributed by atoms with van der Waals surface area (Å²) in [6.07, 6.45) is -15.7. The first kappa shape index (κ1) is 45.6. The second-order valence-corrected chi connectivity index (χ2v) is 16.4. The summed E-state index contributed by atoms with van der Waals surface area (Å²) < 4.78 is 49.2. The van der Waals surface area contributed by atoms with Crippen molar-refractivity contribution in [1.82, 2.24) is 9.97 Å². The molecule has 17 N–H and O–H groups in total. The summed E-state index contributed by atoms with van der Waals surface area (Å²) in [5.74, 6) is 0. The van der Waals surface area contributed by atoms with Gasteiger partial charge >= 0.3 is 11.1 Å². The Morgan fingerprint density at radius 1 is 0.776 bits per heavy atom. The SMILES string of the molecule is CCc1cccc(N(C)S(=O)(=O)c2ccc3[nH]c(=O)c(=O)[nH]c3c2)c1.NC[C@H]1O[C@H](O[C@H]2[C@H](O)[C@@H](O[C@H]3O[C@H](CO)[C@@H](O)[C@H](N)[C@H]3O)[C@H](N)C[C@@H]2N)[C@H](O)[C@@H](O)[C@@H]1O. The van der Waals surface area contributed by atoms with Crippen LogP contribution in [0.4, 0.5) is 5.69 Å². The van der Waals surface area contributed by atoms with Crippen LogP contribution in [0.2, 0.25) is 0 Å². The molecule has 3 aromatic rings. The van der Waals surface area contributed by atoms with Gasteiger partial charge < -0.3 is 87.6 Å². The molecule has 23 heteroatoms. The van der Waals surface area contributed by atoms with Gasteiger partial charge in [-0.25, -0.2) is 8.42 Å². The Morgan fingerprint density at radius 3 is 1.95 bits per heavy atom. The number of ether oxygens (including phenoxy) is 4. The Balaban J connectivity index is 0.000000229. The molecule has 22 nitrogen and oxygen atoms in total. The molecule has 0 bridgehead atoms. The average Bonchev–Trinajstić information content (AvgIpc) is 3.20. The zero-order chi connectivity index (χ0) is 42.8. The Bertz CT molecular complexity index is 2020. The van der Waals surface area contributed by atoms with E-state index in [-0.39, 0.29) is 23.4 Å². The molecule has 324 valence electrons. The van der Waals surface area contributed by atoms with Gasteiger partial charge in [-0.1, -0.05) is 19.1 Å². The van der Waals surface area contributed by atoms with Crippen LogP contribution in [0, 0.1) is 0 Å². The zero-order valence-corrected chi connectivity index (χ0v) is 32.4. The van der Waals surface area contributed by atoms with Crippen molar-refractivity contribution < 1.29 is 63.1 Å². The van der Waals surface area contributed by atoms with E-state index in [2.05, 4.69) is 9.97 Å². The molecule has 0 radical (unpaired) electrons. The average molecular weight is 844 g/mol. The van der Waals surface area contributed by atoms with Gasteiger partial charge in [0, 0.05) is 25.7 Å². The van der Waals surface area contributed by atoms with Crippen molar-refractivity contribution in [3.63, 3.8) is 0 Å². The lowest BCUT2D eigenvalue weighted by atomic mass is 9.84. The summed E-state index contributed by atoms with van der Waals surface area (Å²) in [4.78, 5) is 27.6. The summed E-state index contributed by atoms with van der Waals surface area (Å²) in [6, 6.07) is 8.60. The highest BCUT2D eigenvalue weighted by atomic mass is 32.2. The minimum Gasteiger partial charge on any atom is -0.394 e. The van der Waals surface area contributed by atoms with Crippen LogP contribution in [0.15, 0.2) is 56.9 Å². The number of sulfonamides is 1. The number of nitrogens with one attached hydrogen (secondary N) is 2. The van der Waals surface area contributed by atoms with E-state index >= 15 is 0 Å². The molecular weight excluding hydrogens is 790 g/mol. The van der Waals surface area contributed by atoms with Crippen molar-refractivity contribution in [2.45, 2.75) is 116 Å². The molecule has 0 unspecified atom stereocenters. The molecule has 3 heterocycles. The van der Waals surface area contributed by atoms with Crippen molar-refractivity contribution >= 4 is 26.7 Å². The highest BCUT2D eigenvalue weighted by molar-refractivity contribution is 7.92. The van der Waals surface area contributed by atoms with Crippen LogP contribution in [-0.4, -0.2) is 166 Å². The number of anilines is 1. The predicted molar refractivity (Wildman–Crippen MR) is 204 cm³/mol. The molecule has 1 saturated carbocycles. The number of aromatic amines is 2. The fourth-order valence-electron chi connectivity index (χ4n) is 6.92. The summed E-state index contributed by atoms with van der Waals surface area (Å²) in [5.41, 5.74) is 24.1. The minimum atomic E-state index is -3.81. The number of rotatable bonds is 10. The molecular formula is C35H53N7O15S. The van der Waals surface area contributed by atoms with Crippen LogP contribution >= 0.6 is 0 Å². The second kappa shape index (κ2) is 18.8. The number of hydrogen-bond acceptors (Lipinski definition) is 19. The van der Waals surface area contributed by atoms with E-state index in [1.165, 1.54) is 29.6 Å². The van der Waals surface area contributed by atoms with Gasteiger partial charge in [0.2, 0.25) is 0 Å². The minimum absolute atomic E-state index is 0.0205. The molecule has 15 atom stereocenters. The standard InChI is InChI=1S/C18H36N4O11.C17H17N3O4S/c19-2-6-10(25)12(27)13(28)18(30-6)33-16-5(21)1-4(20)15(14(16)29)32-17-11(26)8(22)9(24)7(3-23)31-17;1-3-11-5-4-6-12(9-11)20(2)25(23,24)13-7-8-14-15(10-13)19-17(22)16(21)18-14/h4-18,23-29H,1-3,19-22H2;4-10H,3H2,1-2H3,(H,18,21)(H,19,22)/t4-,5+,6-,7-,8+,9-,10-,11-,12+,13-,14-,15+,16-,17-,18-;/m1./s1. The van der Waals surface area contributed by atoms with Crippen molar-refractivity contribution in [1.29, 1.82) is 0 Å². The third kappa shape index (κ3) is 9.44. The normalized spacial score (nSPS) is 35.6. The first-order valence-corrected chi connectivity index (χ1v) is 19.9. The Hall–Kier alpha value is -3.47. The number of nitrogens with zero attached hydrogens (tertiary/aromatic N) is 1. The molecule has 58 heavy (non-hydrogen) atoms. The van der Waals surface area contributed by atoms with Crippen LogP contribution in [0.1, 0.15) is 18.9 Å². The fraction of sp³-hybridized carbons (Fsp3) is 0.600. The van der Waals surface area contributed by atoms with Gasteiger partial charge in [0.05, 0.1) is 34.3 Å². The number of H-pyrrole nitrogens is 2. The number of aliphatic hydroxyl groups excluding tert-OH is 7. The Labute approximate surface area is 331 Å². The highest BCUT2D eigenvalue weighted by Gasteiger charge is 2.51. The van der Waals surface area contributed by atoms with Crippen LogP contribution in [-0.2, 0) is 35.4 Å². The Kier molecular flexibility index (Phi) is 14.8. The number of nitrogens with two attached hydrogens (primary N) is 4. The topological polar surface area (TPSA) is 386 Å². The van der Waals surface area contributed by atoms with Gasteiger partial charge in [0.25, 0.3) is 10.0 Å².